The summed E-state index contributed by atoms with van der Waals surface area (Å²) in [6, 6.07) is 10.2. The van der Waals surface area contributed by atoms with Crippen LogP contribution in [0.25, 0.3) is 0 Å². The molecule has 1 aliphatic rings. The Bertz CT molecular complexity index is 909. The Morgan fingerprint density at radius 1 is 1.24 bits per heavy atom. The molecule has 0 fully saturated rings. The third kappa shape index (κ3) is 4.94. The van der Waals surface area contributed by atoms with E-state index in [1.54, 1.807) is 6.07 Å². The van der Waals surface area contributed by atoms with Crippen LogP contribution in [0.3, 0.4) is 0 Å². The lowest BCUT2D eigenvalue weighted by molar-refractivity contribution is -0.122. The minimum atomic E-state index is -1.01. The molecule has 154 valence electrons. The van der Waals surface area contributed by atoms with E-state index in [1.807, 2.05) is 18.2 Å². The monoisotopic (exact) mass is 419 g/mol. The molecule has 0 saturated carbocycles. The van der Waals surface area contributed by atoms with E-state index in [9.17, 15) is 13.6 Å². The van der Waals surface area contributed by atoms with Gasteiger partial charge in [-0.1, -0.05) is 30.0 Å². The van der Waals surface area contributed by atoms with Gasteiger partial charge in [-0.05, 0) is 43.7 Å². The average molecular weight is 419 g/mol. The lowest BCUT2D eigenvalue weighted by atomic mass is 9.99. The van der Waals surface area contributed by atoms with Gasteiger partial charge in [-0.3, -0.25) is 10.2 Å². The first-order valence-corrected chi connectivity index (χ1v) is 10.2. The number of benzene rings is 2. The standard InChI is InChI=1S/C21H23F2N3O2S/c22-14-8-9-17(23)15(13-14)20(25)29-21(26-19(27)7-3-4-11-24)10-12-28-18-6-2-1-5-16(18)21/h1-2,5-6,8-9,13,25H,3-4,7,10-12,24H2,(H,26,27). The van der Waals surface area contributed by atoms with E-state index in [0.717, 1.165) is 36.4 Å². The van der Waals surface area contributed by atoms with E-state index >= 15 is 0 Å². The lowest BCUT2D eigenvalue weighted by Crippen LogP contribution is -2.47. The van der Waals surface area contributed by atoms with Crippen molar-refractivity contribution in [2.75, 3.05) is 13.2 Å². The van der Waals surface area contributed by atoms with Crippen LogP contribution in [0.1, 0.15) is 36.8 Å². The Morgan fingerprint density at radius 2 is 2.03 bits per heavy atom. The maximum Gasteiger partial charge on any atom is 0.221 e. The lowest BCUT2D eigenvalue weighted by Gasteiger charge is -2.39. The zero-order chi connectivity index (χ0) is 20.9. The molecular formula is C21H23F2N3O2S. The van der Waals surface area contributed by atoms with Crippen molar-refractivity contribution < 1.29 is 18.3 Å². The van der Waals surface area contributed by atoms with Crippen LogP contribution in [0.4, 0.5) is 8.78 Å². The van der Waals surface area contributed by atoms with Crippen molar-refractivity contribution in [3.05, 3.63) is 65.2 Å². The Kier molecular flexibility index (Phi) is 6.87. The summed E-state index contributed by atoms with van der Waals surface area (Å²) >= 11 is 0.994. The number of carbonyl (C=O) groups excluding carboxylic acids is 1. The van der Waals surface area contributed by atoms with Gasteiger partial charge in [0.15, 0.2) is 0 Å². The van der Waals surface area contributed by atoms with Gasteiger partial charge in [0.05, 0.1) is 11.7 Å². The number of carbonyl (C=O) groups is 1. The topological polar surface area (TPSA) is 88.2 Å². The predicted molar refractivity (Wildman–Crippen MR) is 110 cm³/mol. The van der Waals surface area contributed by atoms with Gasteiger partial charge >= 0.3 is 0 Å². The molecule has 0 aromatic heterocycles. The number of nitrogens with two attached hydrogens (primary N) is 1. The van der Waals surface area contributed by atoms with Gasteiger partial charge in [0.2, 0.25) is 5.91 Å². The Morgan fingerprint density at radius 3 is 2.83 bits per heavy atom. The first-order chi connectivity index (χ1) is 13.9. The van der Waals surface area contributed by atoms with Crippen LogP contribution in [-0.4, -0.2) is 24.1 Å². The smallest absolute Gasteiger partial charge is 0.221 e. The van der Waals surface area contributed by atoms with Crippen molar-refractivity contribution in [2.24, 2.45) is 5.73 Å². The molecule has 8 heteroatoms. The van der Waals surface area contributed by atoms with Crippen LogP contribution in [0, 0.1) is 17.0 Å². The number of fused-ring (bicyclic) bond motifs is 1. The zero-order valence-corrected chi connectivity index (χ0v) is 16.7. The van der Waals surface area contributed by atoms with Crippen molar-refractivity contribution in [1.29, 1.82) is 5.41 Å². The minimum Gasteiger partial charge on any atom is -0.493 e. The molecule has 0 spiro atoms. The second-order valence-corrected chi connectivity index (χ2v) is 8.08. The highest BCUT2D eigenvalue weighted by molar-refractivity contribution is 8.15. The van der Waals surface area contributed by atoms with Gasteiger partial charge in [0.1, 0.15) is 22.3 Å². The summed E-state index contributed by atoms with van der Waals surface area (Å²) < 4.78 is 33.6. The third-order valence-electron chi connectivity index (χ3n) is 4.68. The molecule has 3 rings (SSSR count). The molecule has 1 aliphatic heterocycles. The van der Waals surface area contributed by atoms with Crippen molar-refractivity contribution >= 4 is 22.7 Å². The molecule has 0 radical (unpaired) electrons. The predicted octanol–water partition coefficient (Wildman–Crippen LogP) is 3.90. The SMILES string of the molecule is N=C(SC1(NC(=O)CCCCN)CCOc2ccccc21)c1cc(F)ccc1F. The number of rotatable bonds is 7. The summed E-state index contributed by atoms with van der Waals surface area (Å²) in [5.74, 6) is -0.899. The fraction of sp³-hybridized carbons (Fsp3) is 0.333. The molecule has 29 heavy (non-hydrogen) atoms. The number of para-hydroxylation sites is 1. The number of nitrogens with one attached hydrogen (secondary N) is 2. The fourth-order valence-corrected chi connectivity index (χ4v) is 4.49. The molecule has 2 aromatic rings. The first-order valence-electron chi connectivity index (χ1n) is 9.41. The second kappa shape index (κ2) is 9.37. The van der Waals surface area contributed by atoms with Crippen molar-refractivity contribution in [3.8, 4) is 5.75 Å². The molecular weight excluding hydrogens is 396 g/mol. The summed E-state index contributed by atoms with van der Waals surface area (Å²) in [4.78, 5) is 11.6. The molecule has 0 bridgehead atoms. The summed E-state index contributed by atoms with van der Waals surface area (Å²) in [6.45, 7) is 0.833. The number of hydrogen-bond donors (Lipinski definition) is 3. The van der Waals surface area contributed by atoms with Crippen molar-refractivity contribution in [2.45, 2.75) is 30.6 Å². The van der Waals surface area contributed by atoms with Crippen LogP contribution in [0.5, 0.6) is 5.75 Å². The number of thioether (sulfide) groups is 1. The molecule has 4 N–H and O–H groups in total. The van der Waals surface area contributed by atoms with E-state index in [1.165, 1.54) is 0 Å². The van der Waals surface area contributed by atoms with Crippen LogP contribution >= 0.6 is 11.8 Å². The Hall–Kier alpha value is -2.45. The number of amides is 1. The Balaban J connectivity index is 1.93. The number of unbranched alkanes of at least 4 members (excludes halogenated alkanes) is 1. The number of ether oxygens (including phenoxy) is 1. The largest absolute Gasteiger partial charge is 0.493 e. The Labute approximate surface area is 172 Å². The van der Waals surface area contributed by atoms with Crippen LogP contribution in [-0.2, 0) is 9.67 Å². The van der Waals surface area contributed by atoms with Crippen LogP contribution in [0.15, 0.2) is 42.5 Å². The minimum absolute atomic E-state index is 0.143. The molecule has 1 amide bonds. The van der Waals surface area contributed by atoms with Gasteiger partial charge in [0.25, 0.3) is 0 Å². The van der Waals surface area contributed by atoms with E-state index in [-0.39, 0.29) is 16.5 Å². The molecule has 0 aliphatic carbocycles. The summed E-state index contributed by atoms with van der Waals surface area (Å²) in [5.41, 5.74) is 6.05. The van der Waals surface area contributed by atoms with Gasteiger partial charge in [-0.25, -0.2) is 8.78 Å². The first kappa shape index (κ1) is 21.3. The summed E-state index contributed by atoms with van der Waals surface area (Å²) in [6.07, 6.45) is 2.07. The highest BCUT2D eigenvalue weighted by atomic mass is 32.2. The second-order valence-electron chi connectivity index (χ2n) is 6.77. The van der Waals surface area contributed by atoms with Crippen LogP contribution < -0.4 is 15.8 Å². The average Bonchev–Trinajstić information content (AvgIpc) is 2.70. The third-order valence-corrected chi connectivity index (χ3v) is 5.98. The highest BCUT2D eigenvalue weighted by Gasteiger charge is 2.41. The van der Waals surface area contributed by atoms with E-state index in [2.05, 4.69) is 5.32 Å². The summed E-state index contributed by atoms with van der Waals surface area (Å²) in [7, 11) is 0. The van der Waals surface area contributed by atoms with Gasteiger partial charge in [-0.2, -0.15) is 0 Å². The van der Waals surface area contributed by atoms with Gasteiger partial charge in [-0.15, -0.1) is 0 Å². The van der Waals surface area contributed by atoms with Crippen molar-refractivity contribution in [1.82, 2.24) is 5.32 Å². The van der Waals surface area contributed by atoms with Crippen molar-refractivity contribution in [3.63, 3.8) is 0 Å². The quantitative estimate of drug-likeness (QED) is 0.275. The van der Waals surface area contributed by atoms with E-state index in [0.29, 0.717) is 43.7 Å². The van der Waals surface area contributed by atoms with E-state index in [4.69, 9.17) is 15.9 Å². The number of hydrogen-bond acceptors (Lipinski definition) is 5. The maximum absolute atomic E-state index is 14.2. The molecule has 1 atom stereocenters. The maximum atomic E-state index is 14.2. The highest BCUT2D eigenvalue weighted by Crippen LogP contribution is 2.46. The molecule has 5 nitrogen and oxygen atoms in total. The molecule has 0 saturated heterocycles. The van der Waals surface area contributed by atoms with Gasteiger partial charge < -0.3 is 15.8 Å². The van der Waals surface area contributed by atoms with Crippen LogP contribution in [0.2, 0.25) is 0 Å². The zero-order valence-electron chi connectivity index (χ0n) is 15.8. The molecule has 1 heterocycles. The van der Waals surface area contributed by atoms with E-state index < -0.39 is 16.5 Å². The normalized spacial score (nSPS) is 17.9. The van der Waals surface area contributed by atoms with Gasteiger partial charge in [0, 0.05) is 24.0 Å². The fourth-order valence-electron chi connectivity index (χ4n) is 3.25. The summed E-state index contributed by atoms with van der Waals surface area (Å²) in [5, 5.41) is 11.3. The molecule has 2 aromatic carbocycles. The number of halogens is 2. The molecule has 1 unspecified atom stereocenters.